The average molecular weight is 323 g/mol. The van der Waals surface area contributed by atoms with Gasteiger partial charge in [0.2, 0.25) is 10.0 Å². The van der Waals surface area contributed by atoms with Gasteiger partial charge in [-0.2, -0.15) is 0 Å². The minimum Gasteiger partial charge on any atom is -0.373 e. The van der Waals surface area contributed by atoms with Gasteiger partial charge in [-0.05, 0) is 49.3 Å². The second-order valence-electron chi connectivity index (χ2n) is 6.37. The van der Waals surface area contributed by atoms with Crippen LogP contribution in [0.5, 0.6) is 0 Å². The van der Waals surface area contributed by atoms with Gasteiger partial charge in [0.25, 0.3) is 0 Å². The van der Waals surface area contributed by atoms with Crippen LogP contribution >= 0.6 is 0 Å². The molecule has 1 aliphatic carbocycles. The zero-order valence-corrected chi connectivity index (χ0v) is 14.0. The van der Waals surface area contributed by atoms with E-state index in [-0.39, 0.29) is 11.2 Å². The van der Waals surface area contributed by atoms with Crippen molar-refractivity contribution in [2.24, 2.45) is 0 Å². The third kappa shape index (κ3) is 3.13. The topological polar surface area (TPSA) is 62.3 Å². The van der Waals surface area contributed by atoms with Crippen LogP contribution in [0.1, 0.15) is 50.0 Å². The van der Waals surface area contributed by atoms with Crippen molar-refractivity contribution in [3.8, 4) is 0 Å². The van der Waals surface area contributed by atoms with Gasteiger partial charge in [-0.25, -0.2) is 17.7 Å². The quantitative estimate of drug-likeness (QED) is 0.925. The summed E-state index contributed by atoms with van der Waals surface area (Å²) in [5.41, 5.74) is 1.19. The largest absolute Gasteiger partial charge is 0.373 e. The average Bonchev–Trinajstić information content (AvgIpc) is 3.10. The maximum absolute atomic E-state index is 12.8. The van der Waals surface area contributed by atoms with Gasteiger partial charge >= 0.3 is 0 Å². The number of rotatable bonds is 4. The Bertz CT molecular complexity index is 612. The molecule has 0 spiro atoms. The van der Waals surface area contributed by atoms with Crippen molar-refractivity contribution in [3.63, 3.8) is 0 Å². The summed E-state index contributed by atoms with van der Waals surface area (Å²) in [4.78, 5) is 4.24. The van der Waals surface area contributed by atoms with Crippen LogP contribution in [0.2, 0.25) is 0 Å². The molecule has 1 aromatic rings. The molecule has 2 heterocycles. The molecule has 5 nitrogen and oxygen atoms in total. The summed E-state index contributed by atoms with van der Waals surface area (Å²) in [6, 6.07) is 4.05. The zero-order valence-electron chi connectivity index (χ0n) is 13.2. The number of hydrogen-bond acceptors (Lipinski definition) is 4. The van der Waals surface area contributed by atoms with Gasteiger partial charge in [-0.15, -0.1) is 0 Å². The maximum Gasteiger partial charge on any atom is 0.216 e. The highest BCUT2D eigenvalue weighted by atomic mass is 32.2. The standard InChI is InChI=1S/C16H25N3O2S/c1-17-16-11-13(8-9-18-16)14-5-4-10-19(12-14)22(20,21)15-6-2-3-7-15/h8-9,11,14-15H,2-7,10,12H2,1H3,(H,17,18). The van der Waals surface area contributed by atoms with Gasteiger partial charge in [-0.1, -0.05) is 12.8 Å². The minimum atomic E-state index is -3.12. The smallest absolute Gasteiger partial charge is 0.216 e. The Kier molecular flexibility index (Phi) is 4.68. The molecule has 1 aliphatic heterocycles. The van der Waals surface area contributed by atoms with Crippen LogP contribution in [0.4, 0.5) is 5.82 Å². The molecular formula is C16H25N3O2S. The van der Waals surface area contributed by atoms with Gasteiger partial charge in [0.1, 0.15) is 5.82 Å². The monoisotopic (exact) mass is 323 g/mol. The first-order chi connectivity index (χ1) is 10.6. The molecule has 1 N–H and O–H groups in total. The summed E-state index contributed by atoms with van der Waals surface area (Å²) in [5, 5.41) is 2.91. The van der Waals surface area contributed by atoms with Crippen molar-refractivity contribution < 1.29 is 8.42 Å². The van der Waals surface area contributed by atoms with E-state index in [1.165, 1.54) is 5.56 Å². The van der Waals surface area contributed by atoms with Gasteiger partial charge in [0.15, 0.2) is 0 Å². The predicted molar refractivity (Wildman–Crippen MR) is 88.5 cm³/mol. The Morgan fingerprint density at radius 1 is 1.23 bits per heavy atom. The molecule has 0 aromatic carbocycles. The van der Waals surface area contributed by atoms with Gasteiger partial charge in [-0.3, -0.25) is 0 Å². The van der Waals surface area contributed by atoms with Crippen LogP contribution in [0.3, 0.4) is 0 Å². The van der Waals surface area contributed by atoms with Crippen molar-refractivity contribution in [2.75, 3.05) is 25.5 Å². The Balaban J connectivity index is 1.76. The van der Waals surface area contributed by atoms with Crippen LogP contribution in [-0.2, 0) is 10.0 Å². The van der Waals surface area contributed by atoms with E-state index in [0.717, 1.165) is 44.3 Å². The van der Waals surface area contributed by atoms with Crippen LogP contribution in [0, 0.1) is 0 Å². The van der Waals surface area contributed by atoms with Gasteiger partial charge in [0, 0.05) is 26.3 Å². The molecule has 0 amide bonds. The van der Waals surface area contributed by atoms with Crippen molar-refractivity contribution in [2.45, 2.75) is 49.7 Å². The fraction of sp³-hybridized carbons (Fsp3) is 0.688. The first kappa shape index (κ1) is 15.7. The fourth-order valence-electron chi connectivity index (χ4n) is 3.68. The summed E-state index contributed by atoms with van der Waals surface area (Å²) < 4.78 is 27.3. The van der Waals surface area contributed by atoms with Crippen LogP contribution in [0.25, 0.3) is 0 Å². The molecule has 1 unspecified atom stereocenters. The fourth-order valence-corrected chi connectivity index (χ4v) is 5.80. The second-order valence-corrected chi connectivity index (χ2v) is 8.59. The number of nitrogens with one attached hydrogen (secondary N) is 1. The normalized spacial score (nSPS) is 24.5. The molecule has 2 aliphatic rings. The Morgan fingerprint density at radius 3 is 2.73 bits per heavy atom. The third-order valence-corrected chi connectivity index (χ3v) is 7.34. The molecular weight excluding hydrogens is 298 g/mol. The van der Waals surface area contributed by atoms with E-state index in [4.69, 9.17) is 0 Å². The molecule has 22 heavy (non-hydrogen) atoms. The molecule has 1 aromatic heterocycles. The van der Waals surface area contributed by atoms with Crippen molar-refractivity contribution in [3.05, 3.63) is 23.9 Å². The summed E-state index contributed by atoms with van der Waals surface area (Å²) in [5.74, 6) is 1.12. The lowest BCUT2D eigenvalue weighted by molar-refractivity contribution is 0.312. The SMILES string of the molecule is CNc1cc(C2CCCN(S(=O)(=O)C3CCCC3)C2)ccn1. The van der Waals surface area contributed by atoms with E-state index in [9.17, 15) is 8.42 Å². The Morgan fingerprint density at radius 2 is 2.00 bits per heavy atom. The molecule has 2 fully saturated rings. The van der Waals surface area contributed by atoms with E-state index < -0.39 is 10.0 Å². The van der Waals surface area contributed by atoms with Crippen molar-refractivity contribution >= 4 is 15.8 Å². The number of sulfonamides is 1. The van der Waals surface area contributed by atoms with Crippen LogP contribution in [-0.4, -0.2) is 43.1 Å². The molecule has 6 heteroatoms. The van der Waals surface area contributed by atoms with Gasteiger partial charge in [0.05, 0.1) is 5.25 Å². The van der Waals surface area contributed by atoms with E-state index in [1.807, 2.05) is 19.2 Å². The number of anilines is 1. The lowest BCUT2D eigenvalue weighted by Crippen LogP contribution is -2.43. The second kappa shape index (κ2) is 6.54. The summed E-state index contributed by atoms with van der Waals surface area (Å²) >= 11 is 0. The summed E-state index contributed by atoms with van der Waals surface area (Å²) in [6.45, 7) is 1.30. The Hall–Kier alpha value is -1.14. The van der Waals surface area contributed by atoms with E-state index in [0.29, 0.717) is 13.1 Å². The maximum atomic E-state index is 12.8. The van der Waals surface area contributed by atoms with Crippen molar-refractivity contribution in [1.82, 2.24) is 9.29 Å². The molecule has 1 saturated heterocycles. The Labute approximate surface area is 133 Å². The highest BCUT2D eigenvalue weighted by molar-refractivity contribution is 7.89. The number of pyridine rings is 1. The van der Waals surface area contributed by atoms with Gasteiger partial charge < -0.3 is 5.32 Å². The molecule has 1 saturated carbocycles. The lowest BCUT2D eigenvalue weighted by atomic mass is 9.92. The number of hydrogen-bond donors (Lipinski definition) is 1. The van der Waals surface area contributed by atoms with E-state index in [1.54, 1.807) is 10.5 Å². The minimum absolute atomic E-state index is 0.142. The molecule has 3 rings (SSSR count). The molecule has 122 valence electrons. The van der Waals surface area contributed by atoms with E-state index in [2.05, 4.69) is 10.3 Å². The first-order valence-corrected chi connectivity index (χ1v) is 9.74. The zero-order chi connectivity index (χ0) is 15.6. The third-order valence-electron chi connectivity index (χ3n) is 4.98. The summed E-state index contributed by atoms with van der Waals surface area (Å²) in [6.07, 6.45) is 7.56. The van der Waals surface area contributed by atoms with Crippen LogP contribution in [0.15, 0.2) is 18.3 Å². The molecule has 1 atom stereocenters. The summed E-state index contributed by atoms with van der Waals surface area (Å²) in [7, 11) is -1.27. The lowest BCUT2D eigenvalue weighted by Gasteiger charge is -2.34. The number of aromatic nitrogens is 1. The number of nitrogens with zero attached hydrogens (tertiary/aromatic N) is 2. The molecule has 0 radical (unpaired) electrons. The molecule has 0 bridgehead atoms. The first-order valence-electron chi connectivity index (χ1n) is 8.24. The number of piperidine rings is 1. The highest BCUT2D eigenvalue weighted by Crippen LogP contribution is 2.33. The highest BCUT2D eigenvalue weighted by Gasteiger charge is 2.36. The van der Waals surface area contributed by atoms with Crippen LogP contribution < -0.4 is 5.32 Å². The van der Waals surface area contributed by atoms with E-state index >= 15 is 0 Å². The predicted octanol–water partition coefficient (Wildman–Crippen LogP) is 2.58. The van der Waals surface area contributed by atoms with Crippen molar-refractivity contribution in [1.29, 1.82) is 0 Å².